The van der Waals surface area contributed by atoms with Crippen molar-refractivity contribution in [3.05, 3.63) is 70.4 Å². The smallest absolute Gasteiger partial charge is 0.308 e. The van der Waals surface area contributed by atoms with Gasteiger partial charge >= 0.3 is 5.97 Å². The Bertz CT molecular complexity index is 1040. The predicted octanol–water partition coefficient (Wildman–Crippen LogP) is 4.12. The Labute approximate surface area is 166 Å². The van der Waals surface area contributed by atoms with Crippen LogP contribution in [0.2, 0.25) is 5.02 Å². The second-order valence-electron chi connectivity index (χ2n) is 6.54. The van der Waals surface area contributed by atoms with Crippen molar-refractivity contribution in [1.29, 1.82) is 0 Å². The maximum atomic E-state index is 12.9. The van der Waals surface area contributed by atoms with E-state index in [0.717, 1.165) is 22.6 Å². The monoisotopic (exact) mass is 396 g/mol. The Hall–Kier alpha value is -3.12. The van der Waals surface area contributed by atoms with Crippen LogP contribution < -0.4 is 4.74 Å². The first kappa shape index (κ1) is 18.3. The number of esters is 1. The molecule has 4 rings (SSSR count). The van der Waals surface area contributed by atoms with Crippen molar-refractivity contribution in [2.45, 2.75) is 19.9 Å². The summed E-state index contributed by atoms with van der Waals surface area (Å²) in [6.45, 7) is 2.23. The molecule has 0 atom stereocenters. The van der Waals surface area contributed by atoms with Gasteiger partial charge in [0.25, 0.3) is 5.91 Å². The number of fused-ring (bicyclic) bond motifs is 1. The van der Waals surface area contributed by atoms with Crippen molar-refractivity contribution in [1.82, 2.24) is 10.1 Å². The summed E-state index contributed by atoms with van der Waals surface area (Å²) in [5.74, 6) is 0.498. The minimum atomic E-state index is -0.426. The highest BCUT2D eigenvalue weighted by Crippen LogP contribution is 2.31. The van der Waals surface area contributed by atoms with E-state index >= 15 is 0 Å². The quantitative estimate of drug-likeness (QED) is 0.492. The van der Waals surface area contributed by atoms with E-state index < -0.39 is 5.97 Å². The molecule has 0 radical (unpaired) electrons. The fourth-order valence-corrected chi connectivity index (χ4v) is 3.40. The maximum absolute atomic E-state index is 12.9. The van der Waals surface area contributed by atoms with E-state index in [-0.39, 0.29) is 5.91 Å². The second kappa shape index (κ2) is 7.48. The molecule has 0 saturated heterocycles. The van der Waals surface area contributed by atoms with Crippen molar-refractivity contribution in [2.75, 3.05) is 6.54 Å². The number of amides is 1. The molecule has 1 amide bonds. The fourth-order valence-electron chi connectivity index (χ4n) is 3.27. The van der Waals surface area contributed by atoms with Gasteiger partial charge in [-0.05, 0) is 48.9 Å². The van der Waals surface area contributed by atoms with E-state index in [9.17, 15) is 9.59 Å². The summed E-state index contributed by atoms with van der Waals surface area (Å²) in [5, 5.41) is 4.82. The van der Waals surface area contributed by atoms with E-state index in [0.29, 0.717) is 35.8 Å². The molecular formula is C21H17ClN2O4. The van der Waals surface area contributed by atoms with Crippen LogP contribution in [-0.2, 0) is 17.8 Å². The van der Waals surface area contributed by atoms with Crippen LogP contribution in [-0.4, -0.2) is 28.5 Å². The van der Waals surface area contributed by atoms with Gasteiger partial charge in [-0.1, -0.05) is 22.8 Å². The van der Waals surface area contributed by atoms with Gasteiger partial charge in [0.2, 0.25) is 0 Å². The molecule has 0 saturated carbocycles. The summed E-state index contributed by atoms with van der Waals surface area (Å²) in [4.78, 5) is 25.7. The summed E-state index contributed by atoms with van der Waals surface area (Å²) in [6.07, 6.45) is 0.645. The Kier molecular flexibility index (Phi) is 4.88. The average Bonchev–Trinajstić information content (AvgIpc) is 3.11. The molecule has 1 aromatic heterocycles. The molecule has 0 N–H and O–H groups in total. The van der Waals surface area contributed by atoms with Gasteiger partial charge in [-0.2, -0.15) is 0 Å². The normalized spacial score (nSPS) is 13.1. The minimum absolute atomic E-state index is 0.143. The number of carbonyl (C=O) groups is 2. The van der Waals surface area contributed by atoms with E-state index in [4.69, 9.17) is 20.9 Å². The van der Waals surface area contributed by atoms with Crippen molar-refractivity contribution in [3.63, 3.8) is 0 Å². The van der Waals surface area contributed by atoms with E-state index in [1.807, 2.05) is 12.1 Å². The molecule has 0 unspecified atom stereocenters. The summed E-state index contributed by atoms with van der Waals surface area (Å²) in [6, 6.07) is 14.0. The molecule has 2 heterocycles. The largest absolute Gasteiger partial charge is 0.427 e. The molecule has 1 aliphatic heterocycles. The van der Waals surface area contributed by atoms with Crippen LogP contribution in [0, 0.1) is 0 Å². The van der Waals surface area contributed by atoms with Gasteiger partial charge < -0.3 is 14.2 Å². The fraction of sp³-hybridized carbons (Fsp3) is 0.190. The number of nitrogens with zero attached hydrogens (tertiary/aromatic N) is 2. The highest BCUT2D eigenvalue weighted by Gasteiger charge is 2.28. The molecule has 7 heteroatoms. The molecule has 0 spiro atoms. The lowest BCUT2D eigenvalue weighted by Crippen LogP contribution is -2.36. The number of rotatable bonds is 3. The topological polar surface area (TPSA) is 72.6 Å². The third kappa shape index (κ3) is 3.64. The lowest BCUT2D eigenvalue weighted by atomic mass is 10.00. The Morgan fingerprint density at radius 1 is 1.18 bits per heavy atom. The number of carbonyl (C=O) groups excluding carboxylic acids is 2. The van der Waals surface area contributed by atoms with E-state index in [1.54, 1.807) is 41.3 Å². The van der Waals surface area contributed by atoms with Gasteiger partial charge in [0.05, 0.1) is 6.54 Å². The number of aromatic nitrogens is 1. The number of halogens is 1. The molecular weight excluding hydrogens is 380 g/mol. The van der Waals surface area contributed by atoms with Gasteiger partial charge in [0.15, 0.2) is 5.76 Å². The first-order valence-electron chi connectivity index (χ1n) is 8.82. The van der Waals surface area contributed by atoms with Crippen LogP contribution >= 0.6 is 11.6 Å². The van der Waals surface area contributed by atoms with Crippen LogP contribution in [0.4, 0.5) is 0 Å². The standard InChI is InChI=1S/C21H17ClN2O4/c1-13(25)27-17-4-2-3-15(11-17)21(26)24-10-9-18-19(12-24)23-28-20(18)14-5-7-16(22)8-6-14/h2-8,11H,9-10,12H2,1H3. The zero-order valence-corrected chi connectivity index (χ0v) is 15.9. The molecule has 6 nitrogen and oxygen atoms in total. The minimum Gasteiger partial charge on any atom is -0.427 e. The van der Waals surface area contributed by atoms with Gasteiger partial charge in [-0.15, -0.1) is 0 Å². The first-order valence-corrected chi connectivity index (χ1v) is 9.20. The first-order chi connectivity index (χ1) is 13.5. The SMILES string of the molecule is CC(=O)Oc1cccc(C(=O)N2CCc3c(noc3-c3ccc(Cl)cc3)C2)c1. The number of benzene rings is 2. The highest BCUT2D eigenvalue weighted by atomic mass is 35.5. The lowest BCUT2D eigenvalue weighted by molar-refractivity contribution is -0.131. The molecule has 142 valence electrons. The summed E-state index contributed by atoms with van der Waals surface area (Å²) < 4.78 is 10.6. The van der Waals surface area contributed by atoms with Crippen LogP contribution in [0.5, 0.6) is 5.75 Å². The van der Waals surface area contributed by atoms with Crippen molar-refractivity contribution in [3.8, 4) is 17.1 Å². The van der Waals surface area contributed by atoms with Crippen LogP contribution in [0.3, 0.4) is 0 Å². The van der Waals surface area contributed by atoms with Crippen LogP contribution in [0.25, 0.3) is 11.3 Å². The Morgan fingerprint density at radius 2 is 1.96 bits per heavy atom. The second-order valence-corrected chi connectivity index (χ2v) is 6.98. The molecule has 28 heavy (non-hydrogen) atoms. The highest BCUT2D eigenvalue weighted by molar-refractivity contribution is 6.30. The lowest BCUT2D eigenvalue weighted by Gasteiger charge is -2.26. The molecule has 0 bridgehead atoms. The van der Waals surface area contributed by atoms with Crippen LogP contribution in [0.15, 0.2) is 53.1 Å². The number of hydrogen-bond donors (Lipinski definition) is 0. The Balaban J connectivity index is 1.54. The van der Waals surface area contributed by atoms with Gasteiger partial charge in [-0.25, -0.2) is 0 Å². The van der Waals surface area contributed by atoms with E-state index in [1.165, 1.54) is 6.92 Å². The zero-order chi connectivity index (χ0) is 19.7. The summed E-state index contributed by atoms with van der Waals surface area (Å²) in [5.41, 5.74) is 3.14. The van der Waals surface area contributed by atoms with Crippen LogP contribution in [0.1, 0.15) is 28.5 Å². The summed E-state index contributed by atoms with van der Waals surface area (Å²) >= 11 is 5.95. The third-order valence-corrected chi connectivity index (χ3v) is 4.83. The van der Waals surface area contributed by atoms with Crippen molar-refractivity contribution in [2.24, 2.45) is 0 Å². The number of ether oxygens (including phenoxy) is 1. The van der Waals surface area contributed by atoms with Gasteiger partial charge in [0.1, 0.15) is 11.4 Å². The average molecular weight is 397 g/mol. The molecule has 3 aromatic rings. The molecule has 0 fully saturated rings. The van der Waals surface area contributed by atoms with Gasteiger partial charge in [0, 0.05) is 35.2 Å². The van der Waals surface area contributed by atoms with Crippen molar-refractivity contribution >= 4 is 23.5 Å². The van der Waals surface area contributed by atoms with E-state index in [2.05, 4.69) is 5.16 Å². The third-order valence-electron chi connectivity index (χ3n) is 4.58. The summed E-state index contributed by atoms with van der Waals surface area (Å²) in [7, 11) is 0. The maximum Gasteiger partial charge on any atom is 0.308 e. The Morgan fingerprint density at radius 3 is 2.71 bits per heavy atom. The zero-order valence-electron chi connectivity index (χ0n) is 15.1. The van der Waals surface area contributed by atoms with Crippen molar-refractivity contribution < 1.29 is 18.8 Å². The molecule has 2 aromatic carbocycles. The number of hydrogen-bond acceptors (Lipinski definition) is 5. The molecule has 0 aliphatic carbocycles. The molecule has 1 aliphatic rings. The van der Waals surface area contributed by atoms with Gasteiger partial charge in [-0.3, -0.25) is 9.59 Å². The predicted molar refractivity (Wildman–Crippen MR) is 103 cm³/mol.